The van der Waals surface area contributed by atoms with Crippen molar-refractivity contribution in [2.24, 2.45) is 7.05 Å². The number of carbonyl (C=O) groups excluding carboxylic acids is 1. The zero-order valence-corrected chi connectivity index (χ0v) is 19.8. The zero-order valence-electron chi connectivity index (χ0n) is 18.2. The second-order valence-electron chi connectivity index (χ2n) is 7.89. The minimum Gasteiger partial charge on any atom is -0.370 e. The van der Waals surface area contributed by atoms with E-state index in [1.165, 1.54) is 47.6 Å². The van der Waals surface area contributed by atoms with Crippen LogP contribution in [0.2, 0.25) is 5.02 Å². The quantitative estimate of drug-likeness (QED) is 0.468. The van der Waals surface area contributed by atoms with Crippen LogP contribution in [0.25, 0.3) is 0 Å². The Bertz CT molecular complexity index is 1310. The van der Waals surface area contributed by atoms with Crippen LogP contribution >= 0.6 is 11.6 Å². The number of benzene rings is 2. The summed E-state index contributed by atoms with van der Waals surface area (Å²) in [6.45, 7) is 2.28. The Balaban J connectivity index is 1.50. The summed E-state index contributed by atoms with van der Waals surface area (Å²) >= 11 is 6.05. The number of Topliss-reactive ketones (excluding diaryl/α,β-unsaturated/α-hetero) is 1. The SMILES string of the molecule is CC(=O)c1ccc(S(=O)(=O)N2CCc3c(c(COCc4ccc(F)cc4Cl)nn3C)C2)cc1. The number of sulfonamides is 1. The van der Waals surface area contributed by atoms with E-state index < -0.39 is 15.8 Å². The van der Waals surface area contributed by atoms with Crippen molar-refractivity contribution in [2.75, 3.05) is 6.54 Å². The van der Waals surface area contributed by atoms with E-state index in [9.17, 15) is 17.6 Å². The first-order chi connectivity index (χ1) is 15.7. The average Bonchev–Trinajstić information content (AvgIpc) is 3.10. The molecule has 0 N–H and O–H groups in total. The molecule has 0 bridgehead atoms. The number of rotatable bonds is 7. The van der Waals surface area contributed by atoms with Crippen LogP contribution in [0.15, 0.2) is 47.4 Å². The van der Waals surface area contributed by atoms with Crippen LogP contribution in [-0.2, 0) is 48.0 Å². The molecule has 3 aromatic rings. The normalized spacial score (nSPS) is 14.3. The first kappa shape index (κ1) is 23.6. The first-order valence-corrected chi connectivity index (χ1v) is 12.1. The van der Waals surface area contributed by atoms with E-state index in [0.29, 0.717) is 29.8 Å². The lowest BCUT2D eigenvalue weighted by atomic mass is 10.1. The number of nitrogens with zero attached hydrogens (tertiary/aromatic N) is 3. The van der Waals surface area contributed by atoms with Crippen LogP contribution in [0.1, 0.15) is 39.8 Å². The molecule has 0 fully saturated rings. The standard InChI is InChI=1S/C23H23ClFN3O4S/c1-15(29)16-4-7-19(8-5-16)33(30,31)28-10-9-23-20(12-28)22(26-27(23)2)14-32-13-17-3-6-18(25)11-21(17)24/h3-8,11H,9-10,12-14H2,1-2H3. The molecular formula is C23H23ClFN3O4S. The smallest absolute Gasteiger partial charge is 0.243 e. The van der Waals surface area contributed by atoms with Crippen molar-refractivity contribution in [1.82, 2.24) is 14.1 Å². The van der Waals surface area contributed by atoms with Crippen molar-refractivity contribution in [3.8, 4) is 0 Å². The number of fused-ring (bicyclic) bond motifs is 1. The van der Waals surface area contributed by atoms with Gasteiger partial charge in [-0.2, -0.15) is 9.40 Å². The number of carbonyl (C=O) groups is 1. The maximum Gasteiger partial charge on any atom is 0.243 e. The highest BCUT2D eigenvalue weighted by Crippen LogP contribution is 2.28. The van der Waals surface area contributed by atoms with Gasteiger partial charge >= 0.3 is 0 Å². The molecule has 1 aliphatic heterocycles. The summed E-state index contributed by atoms with van der Waals surface area (Å²) in [7, 11) is -1.91. The van der Waals surface area contributed by atoms with Gasteiger partial charge in [-0.3, -0.25) is 9.48 Å². The maximum absolute atomic E-state index is 13.2. The van der Waals surface area contributed by atoms with Crippen LogP contribution < -0.4 is 0 Å². The van der Waals surface area contributed by atoms with Gasteiger partial charge in [-0.05, 0) is 36.8 Å². The topological polar surface area (TPSA) is 81.5 Å². The molecule has 33 heavy (non-hydrogen) atoms. The number of ketones is 1. The van der Waals surface area contributed by atoms with Gasteiger partial charge in [-0.25, -0.2) is 12.8 Å². The van der Waals surface area contributed by atoms with Gasteiger partial charge in [-0.15, -0.1) is 0 Å². The third-order valence-corrected chi connectivity index (χ3v) is 7.91. The third-order valence-electron chi connectivity index (χ3n) is 5.70. The molecule has 1 aliphatic rings. The minimum absolute atomic E-state index is 0.122. The molecule has 10 heteroatoms. The predicted molar refractivity (Wildman–Crippen MR) is 121 cm³/mol. The molecular weight excluding hydrogens is 469 g/mol. The highest BCUT2D eigenvalue weighted by Gasteiger charge is 2.32. The van der Waals surface area contributed by atoms with Crippen LogP contribution in [0.3, 0.4) is 0 Å². The molecule has 0 radical (unpaired) electrons. The largest absolute Gasteiger partial charge is 0.370 e. The van der Waals surface area contributed by atoms with Gasteiger partial charge in [0, 0.05) is 48.4 Å². The Morgan fingerprint density at radius 1 is 1.18 bits per heavy atom. The van der Waals surface area contributed by atoms with Gasteiger partial charge in [0.05, 0.1) is 23.8 Å². The van der Waals surface area contributed by atoms with E-state index in [1.807, 2.05) is 7.05 Å². The highest BCUT2D eigenvalue weighted by atomic mass is 35.5. The Morgan fingerprint density at radius 3 is 2.58 bits per heavy atom. The van der Waals surface area contributed by atoms with E-state index in [2.05, 4.69) is 5.10 Å². The lowest BCUT2D eigenvalue weighted by molar-refractivity contribution is 0.101. The summed E-state index contributed by atoms with van der Waals surface area (Å²) in [5.74, 6) is -0.539. The molecule has 0 amide bonds. The van der Waals surface area contributed by atoms with Gasteiger partial charge in [0.2, 0.25) is 10.0 Å². The van der Waals surface area contributed by atoms with E-state index in [1.54, 1.807) is 10.7 Å². The molecule has 2 aromatic carbocycles. The van der Waals surface area contributed by atoms with Crippen molar-refractivity contribution in [3.05, 3.63) is 81.4 Å². The number of hydrogen-bond acceptors (Lipinski definition) is 5. The van der Waals surface area contributed by atoms with Gasteiger partial charge in [0.25, 0.3) is 0 Å². The fourth-order valence-electron chi connectivity index (χ4n) is 3.87. The molecule has 2 heterocycles. The Morgan fingerprint density at radius 2 is 1.91 bits per heavy atom. The summed E-state index contributed by atoms with van der Waals surface area (Å²) in [6, 6.07) is 10.1. The van der Waals surface area contributed by atoms with E-state index in [4.69, 9.17) is 16.3 Å². The summed E-state index contributed by atoms with van der Waals surface area (Å²) in [5, 5.41) is 4.80. The maximum atomic E-state index is 13.2. The summed E-state index contributed by atoms with van der Waals surface area (Å²) in [5.41, 5.74) is 3.55. The van der Waals surface area contributed by atoms with Crippen molar-refractivity contribution in [1.29, 1.82) is 0 Å². The number of hydrogen-bond donors (Lipinski definition) is 0. The van der Waals surface area contributed by atoms with Gasteiger partial charge in [-0.1, -0.05) is 29.8 Å². The fraction of sp³-hybridized carbons (Fsp3) is 0.304. The van der Waals surface area contributed by atoms with E-state index in [0.717, 1.165) is 11.3 Å². The molecule has 1 aromatic heterocycles. The summed E-state index contributed by atoms with van der Waals surface area (Å²) < 4.78 is 48.6. The number of ether oxygens (including phenoxy) is 1. The molecule has 0 aliphatic carbocycles. The number of halogens is 2. The summed E-state index contributed by atoms with van der Waals surface area (Å²) in [4.78, 5) is 11.6. The second kappa shape index (κ2) is 9.34. The Labute approximate surface area is 196 Å². The van der Waals surface area contributed by atoms with Crippen LogP contribution in [-0.4, -0.2) is 34.8 Å². The lowest BCUT2D eigenvalue weighted by Gasteiger charge is -2.27. The Kier molecular flexibility index (Phi) is 6.67. The van der Waals surface area contributed by atoms with E-state index in [-0.39, 0.29) is 35.5 Å². The van der Waals surface area contributed by atoms with Crippen molar-refractivity contribution < 1.29 is 22.3 Å². The van der Waals surface area contributed by atoms with Gasteiger partial charge in [0.15, 0.2) is 5.78 Å². The zero-order chi connectivity index (χ0) is 23.8. The molecule has 0 unspecified atom stereocenters. The second-order valence-corrected chi connectivity index (χ2v) is 10.2. The van der Waals surface area contributed by atoms with Crippen molar-refractivity contribution in [3.63, 3.8) is 0 Å². The van der Waals surface area contributed by atoms with Gasteiger partial charge < -0.3 is 4.74 Å². The molecule has 174 valence electrons. The minimum atomic E-state index is -3.74. The van der Waals surface area contributed by atoms with Crippen LogP contribution in [0.5, 0.6) is 0 Å². The summed E-state index contributed by atoms with van der Waals surface area (Å²) in [6.07, 6.45) is 0.521. The fourth-order valence-corrected chi connectivity index (χ4v) is 5.50. The Hall–Kier alpha value is -2.59. The molecule has 0 atom stereocenters. The molecule has 0 saturated heterocycles. The van der Waals surface area contributed by atoms with Crippen LogP contribution in [0.4, 0.5) is 4.39 Å². The van der Waals surface area contributed by atoms with E-state index >= 15 is 0 Å². The lowest BCUT2D eigenvalue weighted by Crippen LogP contribution is -2.36. The molecule has 7 nitrogen and oxygen atoms in total. The molecule has 0 saturated carbocycles. The number of aryl methyl sites for hydroxylation is 1. The van der Waals surface area contributed by atoms with Crippen LogP contribution in [0, 0.1) is 5.82 Å². The first-order valence-electron chi connectivity index (χ1n) is 10.3. The van der Waals surface area contributed by atoms with Crippen molar-refractivity contribution in [2.45, 2.75) is 38.0 Å². The third kappa shape index (κ3) is 4.86. The number of aromatic nitrogens is 2. The van der Waals surface area contributed by atoms with Gasteiger partial charge in [0.1, 0.15) is 5.82 Å². The molecule has 4 rings (SSSR count). The highest BCUT2D eigenvalue weighted by molar-refractivity contribution is 7.89. The molecule has 0 spiro atoms. The monoisotopic (exact) mass is 491 g/mol. The van der Waals surface area contributed by atoms with Crippen molar-refractivity contribution >= 4 is 27.4 Å². The predicted octanol–water partition coefficient (Wildman–Crippen LogP) is 3.88. The average molecular weight is 492 g/mol.